The Bertz CT molecular complexity index is 1030. The Labute approximate surface area is 197 Å². The van der Waals surface area contributed by atoms with Gasteiger partial charge in [0.25, 0.3) is 0 Å². The fourth-order valence-electron chi connectivity index (χ4n) is 4.06. The van der Waals surface area contributed by atoms with E-state index in [9.17, 15) is 19.5 Å². The number of carboxylic acids is 1. The van der Waals surface area contributed by atoms with Gasteiger partial charge in [-0.05, 0) is 41.5 Å². The summed E-state index contributed by atoms with van der Waals surface area (Å²) in [5.41, 5.74) is 4.28. The Balaban J connectivity index is 1.65. The van der Waals surface area contributed by atoms with Gasteiger partial charge in [-0.1, -0.05) is 48.5 Å². The predicted molar refractivity (Wildman–Crippen MR) is 123 cm³/mol. The second-order valence-corrected chi connectivity index (χ2v) is 8.01. The molecule has 178 valence electrons. The van der Waals surface area contributed by atoms with Crippen molar-refractivity contribution in [2.24, 2.45) is 0 Å². The van der Waals surface area contributed by atoms with Gasteiger partial charge in [0.15, 0.2) is 0 Å². The highest BCUT2D eigenvalue weighted by Gasteiger charge is 2.30. The molecule has 1 aliphatic rings. The number of hydrogen-bond acceptors (Lipinski definition) is 6. The van der Waals surface area contributed by atoms with E-state index in [4.69, 9.17) is 15.1 Å². The van der Waals surface area contributed by atoms with Gasteiger partial charge in [-0.3, -0.25) is 4.79 Å². The first-order valence-electron chi connectivity index (χ1n) is 11.1. The van der Waals surface area contributed by atoms with Crippen LogP contribution in [0.2, 0.25) is 0 Å². The van der Waals surface area contributed by atoms with Crippen molar-refractivity contribution in [2.45, 2.75) is 43.7 Å². The minimum Gasteiger partial charge on any atom is -0.480 e. The molecule has 9 nitrogen and oxygen atoms in total. The molecule has 4 N–H and O–H groups in total. The smallest absolute Gasteiger partial charge is 0.407 e. The molecule has 0 bridgehead atoms. The lowest BCUT2D eigenvalue weighted by atomic mass is 9.98. The van der Waals surface area contributed by atoms with Crippen molar-refractivity contribution in [3.63, 3.8) is 0 Å². The number of aliphatic hydroxyl groups is 1. The second-order valence-electron chi connectivity index (χ2n) is 8.01. The fourth-order valence-corrected chi connectivity index (χ4v) is 4.06. The van der Waals surface area contributed by atoms with Gasteiger partial charge in [0.1, 0.15) is 18.7 Å². The lowest BCUT2D eigenvalue weighted by Gasteiger charge is -2.21. The van der Waals surface area contributed by atoms with Crippen LogP contribution in [0.1, 0.15) is 42.7 Å². The number of fused-ring (bicyclic) bond motifs is 3. The number of carboxylic acid groups (broad SMARTS) is 1. The van der Waals surface area contributed by atoms with Crippen molar-refractivity contribution in [2.75, 3.05) is 13.2 Å². The summed E-state index contributed by atoms with van der Waals surface area (Å²) in [4.78, 5) is 36.3. The molecule has 0 saturated carbocycles. The van der Waals surface area contributed by atoms with Crippen LogP contribution in [0.15, 0.2) is 48.5 Å². The minimum absolute atomic E-state index is 0.0665. The molecule has 0 fully saturated rings. The summed E-state index contributed by atoms with van der Waals surface area (Å²) >= 11 is 0. The van der Waals surface area contributed by atoms with Crippen molar-refractivity contribution < 1.29 is 29.3 Å². The molecule has 0 heterocycles. The molecule has 2 amide bonds. The number of hydrogen-bond donors (Lipinski definition) is 4. The number of nitriles is 1. The number of amides is 2. The Morgan fingerprint density at radius 2 is 1.59 bits per heavy atom. The number of nitrogens with zero attached hydrogens (tertiary/aromatic N) is 1. The molecule has 3 rings (SSSR count). The Morgan fingerprint density at radius 1 is 0.971 bits per heavy atom. The maximum Gasteiger partial charge on any atom is 0.407 e. The summed E-state index contributed by atoms with van der Waals surface area (Å²) < 4.78 is 5.48. The number of carbonyl (C=O) groups excluding carboxylic acids is 2. The van der Waals surface area contributed by atoms with Crippen LogP contribution in [0.4, 0.5) is 4.79 Å². The molecule has 0 radical (unpaired) electrons. The Kier molecular flexibility index (Phi) is 8.60. The number of rotatable bonds is 11. The predicted octanol–water partition coefficient (Wildman–Crippen LogP) is 2.54. The van der Waals surface area contributed by atoms with E-state index in [1.165, 1.54) is 0 Å². The number of aliphatic hydroxyl groups excluding tert-OH is 1. The first-order chi connectivity index (χ1) is 16.5. The largest absolute Gasteiger partial charge is 0.480 e. The number of unbranched alkanes of at least 4 members (excludes halogenated alkanes) is 2. The van der Waals surface area contributed by atoms with Crippen molar-refractivity contribution in [3.05, 3.63) is 59.7 Å². The molecule has 2 aromatic carbocycles. The topological polar surface area (TPSA) is 149 Å². The Hall–Kier alpha value is -3.90. The van der Waals surface area contributed by atoms with Crippen LogP contribution in [-0.2, 0) is 14.3 Å². The van der Waals surface area contributed by atoms with E-state index in [-0.39, 0.29) is 18.9 Å². The van der Waals surface area contributed by atoms with E-state index in [1.807, 2.05) is 54.6 Å². The normalized spacial score (nSPS) is 13.6. The van der Waals surface area contributed by atoms with Gasteiger partial charge in [0.2, 0.25) is 5.91 Å². The third-order valence-electron chi connectivity index (χ3n) is 5.78. The minimum atomic E-state index is -1.49. The van der Waals surface area contributed by atoms with Crippen LogP contribution in [0.3, 0.4) is 0 Å². The van der Waals surface area contributed by atoms with Crippen molar-refractivity contribution in [3.8, 4) is 17.2 Å². The second kappa shape index (κ2) is 11.8. The van der Waals surface area contributed by atoms with E-state index < -0.39 is 36.7 Å². The number of alkyl carbamates (subject to hydrolysis) is 1. The molecule has 9 heteroatoms. The number of nitrogens with one attached hydrogen (secondary N) is 2. The third-order valence-corrected chi connectivity index (χ3v) is 5.78. The molecule has 1 aliphatic carbocycles. The van der Waals surface area contributed by atoms with Crippen LogP contribution < -0.4 is 10.6 Å². The number of ether oxygens (including phenoxy) is 1. The molecule has 0 aromatic heterocycles. The highest BCUT2D eigenvalue weighted by Crippen LogP contribution is 2.44. The lowest BCUT2D eigenvalue weighted by molar-refractivity contribution is -0.143. The summed E-state index contributed by atoms with van der Waals surface area (Å²) in [7, 11) is 0. The van der Waals surface area contributed by atoms with Crippen LogP contribution in [0.5, 0.6) is 0 Å². The molecule has 2 unspecified atom stereocenters. The van der Waals surface area contributed by atoms with Crippen molar-refractivity contribution in [1.29, 1.82) is 5.26 Å². The number of carbonyl (C=O) groups is 3. The molecular formula is C25H27N3O6. The molecule has 34 heavy (non-hydrogen) atoms. The monoisotopic (exact) mass is 465 g/mol. The van der Waals surface area contributed by atoms with Crippen LogP contribution in [-0.4, -0.2) is 53.5 Å². The molecular weight excluding hydrogens is 438 g/mol. The summed E-state index contributed by atoms with van der Waals surface area (Å²) in [5, 5.41) is 31.7. The summed E-state index contributed by atoms with van der Waals surface area (Å²) in [5.74, 6) is -2.28. The first kappa shape index (κ1) is 24.7. The molecule has 0 saturated heterocycles. The quantitative estimate of drug-likeness (QED) is 0.373. The van der Waals surface area contributed by atoms with Gasteiger partial charge in [0, 0.05) is 12.3 Å². The van der Waals surface area contributed by atoms with E-state index in [0.717, 1.165) is 22.3 Å². The highest BCUT2D eigenvalue weighted by atomic mass is 16.5. The molecule has 0 aliphatic heterocycles. The maximum absolute atomic E-state index is 12.6. The maximum atomic E-state index is 12.6. The standard InChI is InChI=1S/C25H27N3O6/c26-13-7-1-2-12-21(23(30)27-22(14-29)24(31)32)28-25(33)34-15-20-18-10-5-3-8-16(18)17-9-4-6-11-19(17)20/h3-6,8-11,20-22,29H,1-2,7,12,14-15H2,(H,27,30)(H,28,33)(H,31,32). The van der Waals surface area contributed by atoms with Crippen molar-refractivity contribution in [1.82, 2.24) is 10.6 Å². The van der Waals surface area contributed by atoms with Crippen LogP contribution in [0.25, 0.3) is 11.1 Å². The zero-order valence-corrected chi connectivity index (χ0v) is 18.6. The molecule has 2 atom stereocenters. The van der Waals surface area contributed by atoms with Gasteiger partial charge in [-0.15, -0.1) is 0 Å². The van der Waals surface area contributed by atoms with Crippen LogP contribution in [0, 0.1) is 11.3 Å². The summed E-state index contributed by atoms with van der Waals surface area (Å²) in [6.07, 6.45) is 0.669. The number of benzene rings is 2. The SMILES string of the molecule is N#CCCCCC(NC(=O)OCC1c2ccccc2-c2ccccc21)C(=O)NC(CO)C(=O)O. The van der Waals surface area contributed by atoms with Gasteiger partial charge in [0.05, 0.1) is 12.7 Å². The van der Waals surface area contributed by atoms with E-state index in [2.05, 4.69) is 10.6 Å². The first-order valence-corrected chi connectivity index (χ1v) is 11.1. The fraction of sp³-hybridized carbons (Fsp3) is 0.360. The zero-order valence-electron chi connectivity index (χ0n) is 18.6. The zero-order chi connectivity index (χ0) is 24.5. The molecule has 2 aromatic rings. The van der Waals surface area contributed by atoms with Crippen LogP contribution >= 0.6 is 0 Å². The van der Waals surface area contributed by atoms with Gasteiger partial charge < -0.3 is 25.6 Å². The average Bonchev–Trinajstić information content (AvgIpc) is 3.16. The van der Waals surface area contributed by atoms with Gasteiger partial charge in [-0.2, -0.15) is 5.26 Å². The summed E-state index contributed by atoms with van der Waals surface area (Å²) in [6.45, 7) is -0.718. The lowest BCUT2D eigenvalue weighted by Crippen LogP contribution is -2.52. The summed E-state index contributed by atoms with van der Waals surface area (Å²) in [6, 6.07) is 15.3. The van der Waals surface area contributed by atoms with Gasteiger partial charge in [-0.25, -0.2) is 9.59 Å². The highest BCUT2D eigenvalue weighted by molar-refractivity contribution is 5.89. The Morgan fingerprint density at radius 3 is 2.15 bits per heavy atom. The third kappa shape index (κ3) is 5.91. The average molecular weight is 466 g/mol. The van der Waals surface area contributed by atoms with E-state index in [0.29, 0.717) is 19.3 Å². The van der Waals surface area contributed by atoms with E-state index in [1.54, 1.807) is 0 Å². The van der Waals surface area contributed by atoms with Gasteiger partial charge >= 0.3 is 12.1 Å². The molecule has 0 spiro atoms. The van der Waals surface area contributed by atoms with Crippen molar-refractivity contribution >= 4 is 18.0 Å². The number of aliphatic carboxylic acids is 1. The van der Waals surface area contributed by atoms with E-state index >= 15 is 0 Å².